The fourth-order valence-electron chi connectivity index (χ4n) is 2.28. The van der Waals surface area contributed by atoms with Gasteiger partial charge in [-0.2, -0.15) is 13.2 Å². The number of benzene rings is 2. The van der Waals surface area contributed by atoms with E-state index in [9.17, 15) is 28.1 Å². The molecule has 0 radical (unpaired) electrons. The third-order valence-corrected chi connectivity index (χ3v) is 3.51. The Bertz CT molecular complexity index is 850. The quantitative estimate of drug-likeness (QED) is 0.619. The highest BCUT2D eigenvalue weighted by Crippen LogP contribution is 2.35. The number of halogens is 3. The highest BCUT2D eigenvalue weighted by Gasteiger charge is 2.31. The van der Waals surface area contributed by atoms with Crippen molar-refractivity contribution in [1.29, 1.82) is 0 Å². The van der Waals surface area contributed by atoms with E-state index in [1.54, 1.807) is 6.92 Å². The van der Waals surface area contributed by atoms with Crippen LogP contribution in [0.25, 0.3) is 0 Å². The van der Waals surface area contributed by atoms with Gasteiger partial charge >= 0.3 is 6.18 Å². The Balaban J connectivity index is 2.35. The minimum atomic E-state index is -4.58. The molecule has 2 aromatic rings. The summed E-state index contributed by atoms with van der Waals surface area (Å²) in [4.78, 5) is 22.6. The summed E-state index contributed by atoms with van der Waals surface area (Å²) in [5.74, 6) is -0.615. The van der Waals surface area contributed by atoms with Gasteiger partial charge < -0.3 is 10.1 Å². The Morgan fingerprint density at radius 1 is 1.23 bits per heavy atom. The molecule has 6 nitrogen and oxygen atoms in total. The molecule has 0 bridgehead atoms. The molecule has 9 heteroatoms. The van der Waals surface area contributed by atoms with Crippen molar-refractivity contribution >= 4 is 17.3 Å². The number of carbonyl (C=O) groups is 1. The largest absolute Gasteiger partial charge is 0.492 e. The van der Waals surface area contributed by atoms with Crippen molar-refractivity contribution in [2.45, 2.75) is 20.0 Å². The Hall–Kier alpha value is -3.10. The van der Waals surface area contributed by atoms with Crippen LogP contribution >= 0.6 is 0 Å². The fourth-order valence-corrected chi connectivity index (χ4v) is 2.28. The molecule has 138 valence electrons. The monoisotopic (exact) mass is 368 g/mol. The SMILES string of the molecule is CCOc1ccc(C(F)(F)F)cc1NC(=O)c1ccc([N+](=O)[O-])c(C)c1. The first-order valence-electron chi connectivity index (χ1n) is 7.54. The molecule has 2 rings (SSSR count). The summed E-state index contributed by atoms with van der Waals surface area (Å²) in [6.07, 6.45) is -4.58. The number of carbonyl (C=O) groups excluding carboxylic acids is 1. The van der Waals surface area contributed by atoms with E-state index < -0.39 is 22.6 Å². The average molecular weight is 368 g/mol. The second-order valence-corrected chi connectivity index (χ2v) is 5.35. The highest BCUT2D eigenvalue weighted by atomic mass is 19.4. The van der Waals surface area contributed by atoms with Gasteiger partial charge in [-0.25, -0.2) is 0 Å². The first-order chi connectivity index (χ1) is 12.1. The Morgan fingerprint density at radius 2 is 1.92 bits per heavy atom. The zero-order valence-corrected chi connectivity index (χ0v) is 13.9. The molecule has 0 aliphatic heterocycles. The van der Waals surface area contributed by atoms with E-state index in [0.717, 1.165) is 18.2 Å². The predicted octanol–water partition coefficient (Wildman–Crippen LogP) is 4.57. The molecule has 0 aliphatic carbocycles. The van der Waals surface area contributed by atoms with Crippen LogP contribution in [-0.2, 0) is 6.18 Å². The number of alkyl halides is 3. The Labute approximate surface area is 146 Å². The van der Waals surface area contributed by atoms with Crippen molar-refractivity contribution in [2.75, 3.05) is 11.9 Å². The summed E-state index contributed by atoms with van der Waals surface area (Å²) in [5, 5.41) is 13.2. The molecular formula is C17H15F3N2O4. The summed E-state index contributed by atoms with van der Waals surface area (Å²) in [7, 11) is 0. The molecule has 0 aliphatic rings. The molecule has 0 saturated heterocycles. The fraction of sp³-hybridized carbons (Fsp3) is 0.235. The molecule has 0 saturated carbocycles. The number of hydrogen-bond acceptors (Lipinski definition) is 4. The topological polar surface area (TPSA) is 81.5 Å². The van der Waals surface area contributed by atoms with Gasteiger partial charge in [0, 0.05) is 17.2 Å². The van der Waals surface area contributed by atoms with Crippen LogP contribution in [0.3, 0.4) is 0 Å². The molecule has 0 unspecified atom stereocenters. The van der Waals surface area contributed by atoms with Crippen LogP contribution in [0.2, 0.25) is 0 Å². The number of aryl methyl sites for hydroxylation is 1. The van der Waals surface area contributed by atoms with E-state index in [-0.39, 0.29) is 34.9 Å². The summed E-state index contributed by atoms with van der Waals surface area (Å²) in [6.45, 7) is 3.32. The second kappa shape index (κ2) is 7.42. The molecule has 0 fully saturated rings. The lowest BCUT2D eigenvalue weighted by molar-refractivity contribution is -0.385. The number of rotatable bonds is 5. The van der Waals surface area contributed by atoms with Gasteiger partial charge in [0.2, 0.25) is 0 Å². The predicted molar refractivity (Wildman–Crippen MR) is 88.4 cm³/mol. The lowest BCUT2D eigenvalue weighted by Gasteiger charge is -2.15. The molecule has 0 spiro atoms. The van der Waals surface area contributed by atoms with Crippen LogP contribution in [0, 0.1) is 17.0 Å². The molecule has 2 aromatic carbocycles. The zero-order chi connectivity index (χ0) is 19.5. The first-order valence-corrected chi connectivity index (χ1v) is 7.54. The van der Waals surface area contributed by atoms with E-state index in [0.29, 0.717) is 0 Å². The Kier molecular flexibility index (Phi) is 5.49. The van der Waals surface area contributed by atoms with Crippen LogP contribution in [0.5, 0.6) is 5.75 Å². The van der Waals surface area contributed by atoms with Crippen LogP contribution in [0.1, 0.15) is 28.4 Å². The van der Waals surface area contributed by atoms with Crippen LogP contribution < -0.4 is 10.1 Å². The minimum Gasteiger partial charge on any atom is -0.492 e. The number of amides is 1. The third-order valence-electron chi connectivity index (χ3n) is 3.51. The lowest BCUT2D eigenvalue weighted by Crippen LogP contribution is -2.15. The van der Waals surface area contributed by atoms with Gasteiger partial charge in [-0.1, -0.05) is 0 Å². The van der Waals surface area contributed by atoms with E-state index in [1.807, 2.05) is 0 Å². The highest BCUT2D eigenvalue weighted by molar-refractivity contribution is 6.05. The van der Waals surface area contributed by atoms with E-state index in [4.69, 9.17) is 4.74 Å². The number of hydrogen-bond donors (Lipinski definition) is 1. The molecule has 0 heterocycles. The molecule has 1 amide bonds. The van der Waals surface area contributed by atoms with Crippen molar-refractivity contribution in [3.63, 3.8) is 0 Å². The minimum absolute atomic E-state index is 0.0768. The normalized spacial score (nSPS) is 11.1. The number of nitrogens with one attached hydrogen (secondary N) is 1. The maximum Gasteiger partial charge on any atom is 0.416 e. The van der Waals surface area contributed by atoms with E-state index in [1.165, 1.54) is 25.1 Å². The number of nitro benzene ring substituents is 1. The standard InChI is InChI=1S/C17H15F3N2O4/c1-3-26-15-7-5-12(17(18,19)20)9-13(15)21-16(23)11-4-6-14(22(24)25)10(2)8-11/h4-9H,3H2,1-2H3,(H,21,23). The molecule has 0 aromatic heterocycles. The van der Waals surface area contributed by atoms with Gasteiger partial charge in [-0.3, -0.25) is 14.9 Å². The maximum atomic E-state index is 12.9. The third kappa shape index (κ3) is 4.29. The summed E-state index contributed by atoms with van der Waals surface area (Å²) in [6, 6.07) is 6.45. The smallest absolute Gasteiger partial charge is 0.416 e. The van der Waals surface area contributed by atoms with Gasteiger partial charge in [0.1, 0.15) is 5.75 Å². The molecule has 26 heavy (non-hydrogen) atoms. The average Bonchev–Trinajstić information content (AvgIpc) is 2.55. The van der Waals surface area contributed by atoms with E-state index in [2.05, 4.69) is 5.32 Å². The summed E-state index contributed by atoms with van der Waals surface area (Å²) < 4.78 is 43.9. The van der Waals surface area contributed by atoms with E-state index >= 15 is 0 Å². The lowest BCUT2D eigenvalue weighted by atomic mass is 10.1. The number of ether oxygens (including phenoxy) is 1. The molecule has 0 atom stereocenters. The number of nitro groups is 1. The summed E-state index contributed by atoms with van der Waals surface area (Å²) in [5.41, 5.74) is -0.890. The van der Waals surface area contributed by atoms with Crippen molar-refractivity contribution < 1.29 is 27.6 Å². The maximum absolute atomic E-state index is 12.9. The van der Waals surface area contributed by atoms with Gasteiger partial charge in [0.05, 0.1) is 22.8 Å². The van der Waals surface area contributed by atoms with Crippen molar-refractivity contribution in [3.05, 3.63) is 63.2 Å². The van der Waals surface area contributed by atoms with Crippen molar-refractivity contribution in [2.24, 2.45) is 0 Å². The first kappa shape index (κ1) is 19.2. The van der Waals surface area contributed by atoms with Crippen LogP contribution in [0.15, 0.2) is 36.4 Å². The molecule has 1 N–H and O–H groups in total. The van der Waals surface area contributed by atoms with Gasteiger partial charge in [-0.15, -0.1) is 0 Å². The summed E-state index contributed by atoms with van der Waals surface area (Å²) >= 11 is 0. The van der Waals surface area contributed by atoms with Crippen LogP contribution in [-0.4, -0.2) is 17.4 Å². The molecular weight excluding hydrogens is 353 g/mol. The number of anilines is 1. The van der Waals surface area contributed by atoms with Gasteiger partial charge in [-0.05, 0) is 44.2 Å². The number of nitrogens with zero attached hydrogens (tertiary/aromatic N) is 1. The zero-order valence-electron chi connectivity index (χ0n) is 13.9. The van der Waals surface area contributed by atoms with Crippen molar-refractivity contribution in [1.82, 2.24) is 0 Å². The van der Waals surface area contributed by atoms with Gasteiger partial charge in [0.25, 0.3) is 11.6 Å². The Morgan fingerprint density at radius 3 is 2.46 bits per heavy atom. The van der Waals surface area contributed by atoms with Gasteiger partial charge in [0.15, 0.2) is 0 Å². The second-order valence-electron chi connectivity index (χ2n) is 5.35. The van der Waals surface area contributed by atoms with Crippen LogP contribution in [0.4, 0.5) is 24.5 Å². The van der Waals surface area contributed by atoms with Crippen molar-refractivity contribution in [3.8, 4) is 5.75 Å².